The van der Waals surface area contributed by atoms with E-state index in [1.165, 1.54) is 29.7 Å². The van der Waals surface area contributed by atoms with E-state index in [1.54, 1.807) is 0 Å². The topological polar surface area (TPSA) is 70.1 Å². The third kappa shape index (κ3) is 3.15. The van der Waals surface area contributed by atoms with E-state index in [9.17, 15) is 5.26 Å². The van der Waals surface area contributed by atoms with Crippen molar-refractivity contribution in [3.05, 3.63) is 46.3 Å². The van der Waals surface area contributed by atoms with Gasteiger partial charge in [-0.25, -0.2) is 9.97 Å². The monoisotopic (exact) mass is 348 g/mol. The van der Waals surface area contributed by atoms with Gasteiger partial charge in [0.05, 0.1) is 11.4 Å². The van der Waals surface area contributed by atoms with Crippen LogP contribution in [0, 0.1) is 18.3 Å². The van der Waals surface area contributed by atoms with Gasteiger partial charge in [-0.1, -0.05) is 0 Å². The summed E-state index contributed by atoms with van der Waals surface area (Å²) < 4.78 is 1.97. The molecule has 4 rings (SSSR count). The number of hydrogen-bond donors (Lipinski definition) is 0. The molecule has 0 aromatic carbocycles. The molecule has 0 atom stereocenters. The van der Waals surface area contributed by atoms with E-state index >= 15 is 0 Å². The maximum absolute atomic E-state index is 9.22. The zero-order chi connectivity index (χ0) is 18.1. The van der Waals surface area contributed by atoms with Gasteiger partial charge in [-0.2, -0.15) is 5.26 Å². The Morgan fingerprint density at radius 3 is 2.88 bits per heavy atom. The van der Waals surface area contributed by atoms with Crippen LogP contribution in [0.2, 0.25) is 0 Å². The molecule has 0 fully saturated rings. The van der Waals surface area contributed by atoms with E-state index in [2.05, 4.69) is 27.9 Å². The average molecular weight is 348 g/mol. The molecule has 2 aromatic rings. The highest BCUT2D eigenvalue weighted by Gasteiger charge is 2.21. The second-order valence-electron chi connectivity index (χ2n) is 7.22. The molecule has 0 spiro atoms. The zero-order valence-corrected chi connectivity index (χ0v) is 15.5. The minimum absolute atomic E-state index is 0.719. The predicted molar refractivity (Wildman–Crippen MR) is 100.0 cm³/mol. The Balaban J connectivity index is 1.50. The number of rotatable bonds is 3. The molecule has 2 aliphatic rings. The van der Waals surface area contributed by atoms with Crippen LogP contribution in [0.15, 0.2) is 17.3 Å². The fourth-order valence-electron chi connectivity index (χ4n) is 3.80. The Morgan fingerprint density at radius 1 is 1.27 bits per heavy atom. The van der Waals surface area contributed by atoms with E-state index in [1.807, 2.05) is 23.9 Å². The molecule has 0 aliphatic carbocycles. The summed E-state index contributed by atoms with van der Waals surface area (Å²) in [5, 5.41) is 9.22. The van der Waals surface area contributed by atoms with Crippen molar-refractivity contribution in [3.8, 4) is 6.07 Å². The summed E-state index contributed by atoms with van der Waals surface area (Å²) in [5.74, 6) is 0.828. The molecule has 0 unspecified atom stereocenters. The van der Waals surface area contributed by atoms with Crippen LogP contribution in [0.3, 0.4) is 0 Å². The first-order valence-corrected chi connectivity index (χ1v) is 9.32. The lowest BCUT2D eigenvalue weighted by atomic mass is 10.0. The Morgan fingerprint density at radius 2 is 2.15 bits per heavy atom. The van der Waals surface area contributed by atoms with Gasteiger partial charge in [0.2, 0.25) is 0 Å². The average Bonchev–Trinajstić information content (AvgIpc) is 2.96. The highest BCUT2D eigenvalue weighted by Crippen LogP contribution is 2.22. The summed E-state index contributed by atoms with van der Waals surface area (Å²) in [7, 11) is 1.95. The number of fused-ring (bicyclic) bond motifs is 1. The summed E-state index contributed by atoms with van der Waals surface area (Å²) in [6.07, 6.45) is 6.29. The molecule has 2 aromatic heterocycles. The molecule has 0 amide bonds. The first-order chi connectivity index (χ1) is 12.7. The van der Waals surface area contributed by atoms with Gasteiger partial charge in [-0.15, -0.1) is 0 Å². The lowest BCUT2D eigenvalue weighted by Crippen LogP contribution is -2.31. The number of nitriles is 1. The molecule has 26 heavy (non-hydrogen) atoms. The normalized spacial score (nSPS) is 17.5. The summed E-state index contributed by atoms with van der Waals surface area (Å²) in [6, 6.07) is 4.27. The van der Waals surface area contributed by atoms with Crippen molar-refractivity contribution in [1.29, 1.82) is 5.26 Å². The van der Waals surface area contributed by atoms with Crippen LogP contribution in [-0.4, -0.2) is 38.2 Å². The van der Waals surface area contributed by atoms with Crippen LogP contribution in [0.5, 0.6) is 0 Å². The van der Waals surface area contributed by atoms with E-state index in [0.29, 0.717) is 0 Å². The van der Waals surface area contributed by atoms with E-state index < -0.39 is 0 Å². The predicted octanol–water partition coefficient (Wildman–Crippen LogP) is 2.53. The van der Waals surface area contributed by atoms with Crippen molar-refractivity contribution >= 4 is 5.71 Å². The molecule has 6 heteroatoms. The van der Waals surface area contributed by atoms with Gasteiger partial charge < -0.3 is 4.57 Å². The molecule has 4 heterocycles. The van der Waals surface area contributed by atoms with Crippen molar-refractivity contribution in [3.63, 3.8) is 0 Å². The maximum Gasteiger partial charge on any atom is 0.173 e. The van der Waals surface area contributed by atoms with E-state index in [4.69, 9.17) is 4.98 Å². The van der Waals surface area contributed by atoms with Crippen molar-refractivity contribution < 1.29 is 0 Å². The van der Waals surface area contributed by atoms with Crippen LogP contribution < -0.4 is 0 Å². The second-order valence-corrected chi connectivity index (χ2v) is 7.22. The van der Waals surface area contributed by atoms with Gasteiger partial charge in [-0.05, 0) is 37.8 Å². The summed E-state index contributed by atoms with van der Waals surface area (Å²) >= 11 is 0. The number of hydrogen-bond acceptors (Lipinski definition) is 5. The standard InChI is InChI=1S/C20H24N6/c1-14-15(9-17(10-21)25(14)2)12-26-8-6-18-16(13-26)11-23-20(24-18)19-5-3-4-7-22-19/h9,11H,3-8,12-13H2,1-2H3. The highest BCUT2D eigenvalue weighted by molar-refractivity contribution is 5.97. The van der Waals surface area contributed by atoms with Gasteiger partial charge in [0.25, 0.3) is 0 Å². The minimum Gasteiger partial charge on any atom is -0.340 e. The van der Waals surface area contributed by atoms with Crippen molar-refractivity contribution in [1.82, 2.24) is 19.4 Å². The SMILES string of the molecule is Cc1c(CN2CCc3nc(C4=NCCCC4)ncc3C2)cc(C#N)n1C. The van der Waals surface area contributed by atoms with Crippen molar-refractivity contribution in [2.75, 3.05) is 13.1 Å². The van der Waals surface area contributed by atoms with Crippen LogP contribution in [0.1, 0.15) is 53.3 Å². The van der Waals surface area contributed by atoms with Gasteiger partial charge >= 0.3 is 0 Å². The van der Waals surface area contributed by atoms with Crippen molar-refractivity contribution in [2.45, 2.75) is 45.7 Å². The fraction of sp³-hybridized carbons (Fsp3) is 0.500. The van der Waals surface area contributed by atoms with Crippen LogP contribution in [0.25, 0.3) is 0 Å². The largest absolute Gasteiger partial charge is 0.340 e. The van der Waals surface area contributed by atoms with Crippen molar-refractivity contribution in [2.24, 2.45) is 12.0 Å². The van der Waals surface area contributed by atoms with Crippen LogP contribution >= 0.6 is 0 Å². The number of aromatic nitrogens is 3. The maximum atomic E-state index is 9.22. The zero-order valence-electron chi connectivity index (χ0n) is 15.5. The lowest BCUT2D eigenvalue weighted by Gasteiger charge is -2.28. The summed E-state index contributed by atoms with van der Waals surface area (Å²) in [5.41, 5.74) is 6.56. The van der Waals surface area contributed by atoms with Crippen LogP contribution in [0.4, 0.5) is 0 Å². The fourth-order valence-corrected chi connectivity index (χ4v) is 3.80. The third-order valence-corrected chi connectivity index (χ3v) is 5.54. The molecule has 0 bridgehead atoms. The van der Waals surface area contributed by atoms with Crippen LogP contribution in [-0.2, 0) is 26.6 Å². The lowest BCUT2D eigenvalue weighted by molar-refractivity contribution is 0.242. The Kier molecular flexibility index (Phi) is 4.56. The Bertz CT molecular complexity index is 902. The summed E-state index contributed by atoms with van der Waals surface area (Å²) in [4.78, 5) is 16.4. The number of aliphatic imine (C=N–C) groups is 1. The van der Waals surface area contributed by atoms with Gasteiger partial charge in [0, 0.05) is 57.1 Å². The molecule has 0 radical (unpaired) electrons. The Hall–Kier alpha value is -2.52. The number of nitrogens with zero attached hydrogens (tertiary/aromatic N) is 6. The first kappa shape index (κ1) is 16.9. The summed E-state index contributed by atoms with van der Waals surface area (Å²) in [6.45, 7) is 5.68. The molecule has 2 aliphatic heterocycles. The minimum atomic E-state index is 0.719. The van der Waals surface area contributed by atoms with Gasteiger partial charge in [-0.3, -0.25) is 9.89 Å². The molecule has 0 N–H and O–H groups in total. The van der Waals surface area contributed by atoms with E-state index in [-0.39, 0.29) is 0 Å². The second kappa shape index (κ2) is 7.00. The molecule has 0 saturated heterocycles. The first-order valence-electron chi connectivity index (χ1n) is 9.32. The van der Waals surface area contributed by atoms with E-state index in [0.717, 1.165) is 61.9 Å². The van der Waals surface area contributed by atoms with Gasteiger partial charge in [0.1, 0.15) is 11.8 Å². The molecule has 0 saturated carbocycles. The third-order valence-electron chi connectivity index (χ3n) is 5.54. The molecule has 134 valence electrons. The quantitative estimate of drug-likeness (QED) is 0.855. The highest BCUT2D eigenvalue weighted by atomic mass is 15.1. The van der Waals surface area contributed by atoms with Gasteiger partial charge in [0.15, 0.2) is 5.82 Å². The Labute approximate surface area is 154 Å². The molecular formula is C20H24N6. The smallest absolute Gasteiger partial charge is 0.173 e. The molecular weight excluding hydrogens is 324 g/mol. The molecule has 6 nitrogen and oxygen atoms in total.